The molecule has 3 aromatic carbocycles. The van der Waals surface area contributed by atoms with Crippen LogP contribution in [0.2, 0.25) is 0 Å². The highest BCUT2D eigenvalue weighted by Gasteiger charge is 2.29. The molecular formula is C27H26N4O6S. The second kappa shape index (κ2) is 10.1. The summed E-state index contributed by atoms with van der Waals surface area (Å²) in [6.07, 6.45) is 0. The fourth-order valence-electron chi connectivity index (χ4n) is 4.24. The summed E-state index contributed by atoms with van der Waals surface area (Å²) in [4.78, 5) is 26.6. The second-order valence-electron chi connectivity index (χ2n) is 8.64. The number of carbonyl (C=O) groups is 1. The summed E-state index contributed by atoms with van der Waals surface area (Å²) in [5.41, 5.74) is 1.01. The minimum atomic E-state index is -4.15. The van der Waals surface area contributed by atoms with Gasteiger partial charge in [0.1, 0.15) is 25.4 Å². The lowest BCUT2D eigenvalue weighted by atomic mass is 10.2. The van der Waals surface area contributed by atoms with Crippen molar-refractivity contribution < 1.29 is 22.7 Å². The molecule has 1 aliphatic rings. The van der Waals surface area contributed by atoms with Gasteiger partial charge < -0.3 is 14.8 Å². The molecule has 0 bridgehead atoms. The van der Waals surface area contributed by atoms with Crippen LogP contribution in [0, 0.1) is 6.92 Å². The van der Waals surface area contributed by atoms with Gasteiger partial charge in [0.2, 0.25) is 5.91 Å². The molecule has 2 heterocycles. The average Bonchev–Trinajstić information content (AvgIpc) is 3.15. The predicted molar refractivity (Wildman–Crippen MR) is 143 cm³/mol. The van der Waals surface area contributed by atoms with Crippen LogP contribution in [0.4, 0.5) is 11.4 Å². The van der Waals surface area contributed by atoms with Crippen molar-refractivity contribution in [1.82, 2.24) is 9.36 Å². The highest BCUT2D eigenvalue weighted by molar-refractivity contribution is 7.92. The van der Waals surface area contributed by atoms with Crippen LogP contribution in [0.5, 0.6) is 11.5 Å². The normalized spacial score (nSPS) is 12.7. The topological polar surface area (TPSA) is 112 Å². The van der Waals surface area contributed by atoms with Gasteiger partial charge >= 0.3 is 0 Å². The number of anilines is 2. The van der Waals surface area contributed by atoms with E-state index in [-0.39, 0.29) is 16.3 Å². The molecule has 0 aliphatic carbocycles. The highest BCUT2D eigenvalue weighted by atomic mass is 32.2. The molecule has 0 atom stereocenters. The summed E-state index contributed by atoms with van der Waals surface area (Å²) in [5.74, 6) is 0.195. The van der Waals surface area contributed by atoms with Crippen LogP contribution in [0.3, 0.4) is 0 Å². The summed E-state index contributed by atoms with van der Waals surface area (Å²) in [5, 5.41) is 2.64. The first-order chi connectivity index (χ1) is 18.3. The third-order valence-electron chi connectivity index (χ3n) is 6.25. The molecule has 4 aromatic rings. The lowest BCUT2D eigenvalue weighted by molar-refractivity contribution is -0.114. The van der Waals surface area contributed by atoms with Gasteiger partial charge in [-0.2, -0.15) is 0 Å². The van der Waals surface area contributed by atoms with Crippen molar-refractivity contribution in [1.29, 1.82) is 0 Å². The van der Waals surface area contributed by atoms with Gasteiger partial charge in [-0.15, -0.1) is 0 Å². The van der Waals surface area contributed by atoms with E-state index in [1.165, 1.54) is 22.9 Å². The van der Waals surface area contributed by atoms with Crippen LogP contribution in [0.1, 0.15) is 5.69 Å². The minimum Gasteiger partial charge on any atom is -0.486 e. The van der Waals surface area contributed by atoms with Crippen molar-refractivity contribution in [3.05, 3.63) is 94.9 Å². The third-order valence-corrected chi connectivity index (χ3v) is 8.04. The quantitative estimate of drug-likeness (QED) is 0.390. The van der Waals surface area contributed by atoms with Gasteiger partial charge in [-0.1, -0.05) is 36.4 Å². The molecule has 11 heteroatoms. The number of sulfonamides is 1. The summed E-state index contributed by atoms with van der Waals surface area (Å²) in [6, 6.07) is 21.5. The minimum absolute atomic E-state index is 0.0185. The molecular weight excluding hydrogens is 508 g/mol. The first kappa shape index (κ1) is 25.2. The lowest BCUT2D eigenvalue weighted by Crippen LogP contribution is -2.39. The molecule has 1 aromatic heterocycles. The predicted octanol–water partition coefficient (Wildman–Crippen LogP) is 3.09. The standard InChI is InChI=1S/C27H26N4O6S/c1-19-26(27(33)31(29(19)2)20-9-5-3-6-10-20)28-25(32)18-30(38(34,35)22-11-7-4-8-12-22)21-13-14-23-24(17-21)37-16-15-36-23/h3-14,17H,15-16,18H2,1-2H3,(H,28,32). The maximum Gasteiger partial charge on any atom is 0.295 e. The Morgan fingerprint density at radius 3 is 2.26 bits per heavy atom. The Bertz CT molecular complexity index is 1650. The molecule has 0 saturated carbocycles. The number of nitrogens with zero attached hydrogens (tertiary/aromatic N) is 3. The third kappa shape index (κ3) is 4.63. The van der Waals surface area contributed by atoms with Gasteiger partial charge in [0, 0.05) is 13.1 Å². The fourth-order valence-corrected chi connectivity index (χ4v) is 5.68. The molecule has 0 spiro atoms. The number of rotatable bonds is 7. The highest BCUT2D eigenvalue weighted by Crippen LogP contribution is 2.35. The van der Waals surface area contributed by atoms with E-state index in [0.29, 0.717) is 36.1 Å². The number of nitrogens with one attached hydrogen (secondary N) is 1. The SMILES string of the molecule is Cc1c(NC(=O)CN(c2ccc3c(c2)OCCO3)S(=O)(=O)c2ccccc2)c(=O)n(-c2ccccc2)n1C. The fraction of sp³-hybridized carbons (Fsp3) is 0.185. The van der Waals surface area contributed by atoms with Crippen LogP contribution in [-0.2, 0) is 21.9 Å². The first-order valence-electron chi connectivity index (χ1n) is 11.9. The van der Waals surface area contributed by atoms with E-state index in [1.54, 1.807) is 61.1 Å². The summed E-state index contributed by atoms with van der Waals surface area (Å²) >= 11 is 0. The summed E-state index contributed by atoms with van der Waals surface area (Å²) in [7, 11) is -2.44. The number of hydrogen-bond donors (Lipinski definition) is 1. The number of ether oxygens (including phenoxy) is 2. The molecule has 10 nitrogen and oxygen atoms in total. The molecule has 0 fully saturated rings. The zero-order chi connectivity index (χ0) is 26.9. The van der Waals surface area contributed by atoms with Crippen molar-refractivity contribution >= 4 is 27.3 Å². The van der Waals surface area contributed by atoms with Crippen molar-refractivity contribution in [2.24, 2.45) is 7.05 Å². The number of aromatic nitrogens is 2. The lowest BCUT2D eigenvalue weighted by Gasteiger charge is -2.26. The maximum atomic E-state index is 13.7. The van der Waals surface area contributed by atoms with Gasteiger partial charge in [0.05, 0.1) is 22.0 Å². The zero-order valence-corrected chi connectivity index (χ0v) is 21.6. The van der Waals surface area contributed by atoms with Crippen molar-refractivity contribution in [2.75, 3.05) is 29.4 Å². The Balaban J connectivity index is 1.50. The zero-order valence-electron chi connectivity index (χ0n) is 20.8. The molecule has 5 rings (SSSR count). The van der Waals surface area contributed by atoms with E-state index < -0.39 is 28.0 Å². The van der Waals surface area contributed by atoms with Crippen LogP contribution < -0.4 is 24.7 Å². The van der Waals surface area contributed by atoms with Crippen molar-refractivity contribution in [3.8, 4) is 17.2 Å². The molecule has 1 amide bonds. The first-order valence-corrected chi connectivity index (χ1v) is 13.3. The van der Waals surface area contributed by atoms with Crippen LogP contribution in [0.15, 0.2) is 88.6 Å². The van der Waals surface area contributed by atoms with E-state index in [9.17, 15) is 18.0 Å². The molecule has 1 N–H and O–H groups in total. The molecule has 196 valence electrons. The molecule has 0 unspecified atom stereocenters. The van der Waals surface area contributed by atoms with Gasteiger partial charge in [-0.25, -0.2) is 13.1 Å². The number of carbonyl (C=O) groups excluding carboxylic acids is 1. The molecule has 38 heavy (non-hydrogen) atoms. The Morgan fingerprint density at radius 2 is 1.58 bits per heavy atom. The summed E-state index contributed by atoms with van der Waals surface area (Å²) in [6.45, 7) is 1.84. The van der Waals surface area contributed by atoms with Gasteiger partial charge in [0.25, 0.3) is 15.6 Å². The Morgan fingerprint density at radius 1 is 0.947 bits per heavy atom. The van der Waals surface area contributed by atoms with Gasteiger partial charge in [-0.05, 0) is 43.3 Å². The smallest absolute Gasteiger partial charge is 0.295 e. The molecule has 1 aliphatic heterocycles. The van der Waals surface area contributed by atoms with Crippen molar-refractivity contribution in [3.63, 3.8) is 0 Å². The van der Waals surface area contributed by atoms with Gasteiger partial charge in [0.15, 0.2) is 11.5 Å². The van der Waals surface area contributed by atoms with E-state index in [1.807, 2.05) is 18.2 Å². The van der Waals surface area contributed by atoms with Gasteiger partial charge in [-0.3, -0.25) is 18.6 Å². The van der Waals surface area contributed by atoms with E-state index in [2.05, 4.69) is 5.32 Å². The molecule has 0 saturated heterocycles. The average molecular weight is 535 g/mol. The van der Waals surface area contributed by atoms with E-state index in [4.69, 9.17) is 9.47 Å². The van der Waals surface area contributed by atoms with E-state index >= 15 is 0 Å². The number of benzene rings is 3. The van der Waals surface area contributed by atoms with Crippen LogP contribution in [-0.4, -0.2) is 43.4 Å². The number of para-hydroxylation sites is 1. The van der Waals surface area contributed by atoms with E-state index in [0.717, 1.165) is 4.31 Å². The van der Waals surface area contributed by atoms with Crippen LogP contribution >= 0.6 is 0 Å². The second-order valence-corrected chi connectivity index (χ2v) is 10.5. The number of hydrogen-bond acceptors (Lipinski definition) is 6. The van der Waals surface area contributed by atoms with Crippen LogP contribution in [0.25, 0.3) is 5.69 Å². The Hall–Kier alpha value is -4.51. The van der Waals surface area contributed by atoms with Crippen molar-refractivity contribution in [2.45, 2.75) is 11.8 Å². The maximum absolute atomic E-state index is 13.7. The number of amides is 1. The summed E-state index contributed by atoms with van der Waals surface area (Å²) < 4.78 is 42.6. The molecule has 0 radical (unpaired) electrons. The Kier molecular flexibility index (Phi) is 6.68. The Labute approximate surface area is 219 Å². The number of fused-ring (bicyclic) bond motifs is 1. The largest absolute Gasteiger partial charge is 0.486 e. The monoisotopic (exact) mass is 534 g/mol.